The molecule has 0 amide bonds. The van der Waals surface area contributed by atoms with Crippen molar-refractivity contribution in [3.8, 4) is 0 Å². The molecule has 1 atom stereocenters. The zero-order valence-corrected chi connectivity index (χ0v) is 15.5. The molecule has 1 aliphatic rings. The molecule has 140 valence electrons. The summed E-state index contributed by atoms with van der Waals surface area (Å²) in [5.41, 5.74) is 0. The molecule has 0 N–H and O–H groups in total. The van der Waals surface area contributed by atoms with Crippen molar-refractivity contribution < 1.29 is 19.1 Å². The van der Waals surface area contributed by atoms with Gasteiger partial charge in [0.05, 0.1) is 0 Å². The van der Waals surface area contributed by atoms with E-state index in [1.54, 1.807) is 6.92 Å². The highest BCUT2D eigenvalue weighted by molar-refractivity contribution is 5.70. The topological polar surface area (TPSA) is 52.6 Å². The zero-order valence-electron chi connectivity index (χ0n) is 15.5. The summed E-state index contributed by atoms with van der Waals surface area (Å²) in [6.45, 7) is 1.95. The van der Waals surface area contributed by atoms with Gasteiger partial charge in [-0.1, -0.05) is 70.6 Å². The number of carbonyl (C=O) groups is 2. The SMILES string of the molecule is CC1COC(=O)CCCCCCCCCCCCCCCC(=O)O1. The summed E-state index contributed by atoms with van der Waals surface area (Å²) >= 11 is 0. The van der Waals surface area contributed by atoms with Crippen molar-refractivity contribution in [3.63, 3.8) is 0 Å². The lowest BCUT2D eigenvalue weighted by atomic mass is 10.0. The molecule has 0 radical (unpaired) electrons. The summed E-state index contributed by atoms with van der Waals surface area (Å²) in [5, 5.41) is 0. The number of cyclic esters (lactones) is 2. The molecule has 4 nitrogen and oxygen atoms in total. The number of ether oxygens (including phenoxy) is 2. The van der Waals surface area contributed by atoms with Gasteiger partial charge in [-0.3, -0.25) is 9.59 Å². The Morgan fingerprint density at radius 2 is 1.00 bits per heavy atom. The Morgan fingerprint density at radius 3 is 1.46 bits per heavy atom. The maximum Gasteiger partial charge on any atom is 0.306 e. The number of rotatable bonds is 0. The highest BCUT2D eigenvalue weighted by Crippen LogP contribution is 2.14. The molecular weight excluding hydrogens is 304 g/mol. The molecule has 1 unspecified atom stereocenters. The minimum Gasteiger partial charge on any atom is -0.462 e. The van der Waals surface area contributed by atoms with Gasteiger partial charge in [0.25, 0.3) is 0 Å². The Kier molecular flexibility index (Phi) is 12.5. The van der Waals surface area contributed by atoms with Crippen molar-refractivity contribution in [1.29, 1.82) is 0 Å². The van der Waals surface area contributed by atoms with Crippen LogP contribution in [0.2, 0.25) is 0 Å². The molecule has 0 spiro atoms. The minimum atomic E-state index is -0.351. The van der Waals surface area contributed by atoms with E-state index in [1.807, 2.05) is 0 Å². The van der Waals surface area contributed by atoms with E-state index in [0.29, 0.717) is 12.8 Å². The van der Waals surface area contributed by atoms with Gasteiger partial charge in [-0.15, -0.1) is 0 Å². The third-order valence-corrected chi connectivity index (χ3v) is 4.57. The smallest absolute Gasteiger partial charge is 0.306 e. The maximum absolute atomic E-state index is 11.7. The summed E-state index contributed by atoms with van der Waals surface area (Å²) in [5.74, 6) is -0.353. The van der Waals surface area contributed by atoms with Crippen molar-refractivity contribution >= 4 is 11.9 Å². The van der Waals surface area contributed by atoms with Crippen LogP contribution in [-0.2, 0) is 19.1 Å². The molecule has 4 heteroatoms. The van der Waals surface area contributed by atoms with Gasteiger partial charge in [0.1, 0.15) is 12.7 Å². The monoisotopic (exact) mass is 340 g/mol. The summed E-state index contributed by atoms with van der Waals surface area (Å²) in [4.78, 5) is 23.4. The summed E-state index contributed by atoms with van der Waals surface area (Å²) in [6, 6.07) is 0. The molecule has 0 aliphatic carbocycles. The second kappa shape index (κ2) is 14.3. The Hall–Kier alpha value is -1.06. The number of hydrogen-bond acceptors (Lipinski definition) is 4. The summed E-state index contributed by atoms with van der Waals surface area (Å²) < 4.78 is 10.5. The molecule has 24 heavy (non-hydrogen) atoms. The van der Waals surface area contributed by atoms with E-state index < -0.39 is 0 Å². The standard InChI is InChI=1S/C20H36O4/c1-18-17-23-19(21)15-13-11-9-7-5-3-2-4-6-8-10-12-14-16-20(22)24-18/h18H,2-17H2,1H3. The molecule has 0 aromatic heterocycles. The molecule has 0 aromatic carbocycles. The largest absolute Gasteiger partial charge is 0.462 e. The first kappa shape index (κ1) is 21.0. The van der Waals surface area contributed by atoms with Gasteiger partial charge in [0.2, 0.25) is 0 Å². The van der Waals surface area contributed by atoms with Crippen molar-refractivity contribution in [3.05, 3.63) is 0 Å². The molecule has 0 aromatic rings. The Morgan fingerprint density at radius 1 is 0.625 bits per heavy atom. The van der Waals surface area contributed by atoms with Gasteiger partial charge < -0.3 is 9.47 Å². The highest BCUT2D eigenvalue weighted by atomic mass is 16.6. The van der Waals surface area contributed by atoms with Gasteiger partial charge >= 0.3 is 11.9 Å². The van der Waals surface area contributed by atoms with E-state index >= 15 is 0 Å². The Labute approximate surface area is 147 Å². The van der Waals surface area contributed by atoms with E-state index in [9.17, 15) is 9.59 Å². The van der Waals surface area contributed by atoms with Gasteiger partial charge in [0.15, 0.2) is 0 Å². The second-order valence-corrected chi connectivity index (χ2v) is 7.08. The third kappa shape index (κ3) is 12.4. The predicted molar refractivity (Wildman–Crippen MR) is 95.8 cm³/mol. The van der Waals surface area contributed by atoms with Gasteiger partial charge in [0, 0.05) is 12.8 Å². The lowest BCUT2D eigenvalue weighted by Crippen LogP contribution is -2.22. The molecule has 0 saturated carbocycles. The van der Waals surface area contributed by atoms with Crippen LogP contribution in [0.25, 0.3) is 0 Å². The Balaban J connectivity index is 2.27. The first-order chi connectivity index (χ1) is 11.7. The minimum absolute atomic E-state index is 0.171. The van der Waals surface area contributed by atoms with Crippen LogP contribution in [0.3, 0.4) is 0 Å². The van der Waals surface area contributed by atoms with E-state index in [4.69, 9.17) is 9.47 Å². The van der Waals surface area contributed by atoms with Gasteiger partial charge in [-0.05, 0) is 19.8 Å². The van der Waals surface area contributed by atoms with Crippen molar-refractivity contribution in [2.45, 2.75) is 109 Å². The third-order valence-electron chi connectivity index (χ3n) is 4.57. The number of carbonyl (C=O) groups excluding carboxylic acids is 2. The maximum atomic E-state index is 11.7. The quantitative estimate of drug-likeness (QED) is 0.560. The van der Waals surface area contributed by atoms with E-state index in [1.165, 1.54) is 57.8 Å². The average molecular weight is 341 g/mol. The first-order valence-electron chi connectivity index (χ1n) is 10.0. The fraction of sp³-hybridized carbons (Fsp3) is 0.900. The van der Waals surface area contributed by atoms with Crippen LogP contribution in [0.1, 0.15) is 103 Å². The number of esters is 2. The van der Waals surface area contributed by atoms with E-state index in [0.717, 1.165) is 25.7 Å². The van der Waals surface area contributed by atoms with Crippen molar-refractivity contribution in [2.24, 2.45) is 0 Å². The number of hydrogen-bond donors (Lipinski definition) is 0. The van der Waals surface area contributed by atoms with Crippen molar-refractivity contribution in [2.75, 3.05) is 6.61 Å². The predicted octanol–water partition coefficient (Wildman–Crippen LogP) is 5.33. The second-order valence-electron chi connectivity index (χ2n) is 7.08. The Bertz CT molecular complexity index is 341. The fourth-order valence-electron chi connectivity index (χ4n) is 3.08. The highest BCUT2D eigenvalue weighted by Gasteiger charge is 2.12. The molecule has 0 bridgehead atoms. The molecule has 1 saturated heterocycles. The van der Waals surface area contributed by atoms with Crippen LogP contribution in [0.5, 0.6) is 0 Å². The molecule has 1 aliphatic heterocycles. The molecule has 1 fully saturated rings. The fourth-order valence-corrected chi connectivity index (χ4v) is 3.08. The van der Waals surface area contributed by atoms with E-state index in [-0.39, 0.29) is 24.6 Å². The van der Waals surface area contributed by atoms with Crippen molar-refractivity contribution in [1.82, 2.24) is 0 Å². The first-order valence-corrected chi connectivity index (χ1v) is 10.0. The summed E-state index contributed by atoms with van der Waals surface area (Å²) in [6.07, 6.45) is 16.2. The summed E-state index contributed by atoms with van der Waals surface area (Å²) in [7, 11) is 0. The van der Waals surface area contributed by atoms with Crippen LogP contribution in [0, 0.1) is 0 Å². The van der Waals surface area contributed by atoms with Crippen LogP contribution in [0.4, 0.5) is 0 Å². The molecular formula is C20H36O4. The van der Waals surface area contributed by atoms with Crippen LogP contribution in [-0.4, -0.2) is 24.6 Å². The normalized spacial score (nSPS) is 25.1. The van der Waals surface area contributed by atoms with Crippen LogP contribution < -0.4 is 0 Å². The van der Waals surface area contributed by atoms with Gasteiger partial charge in [-0.25, -0.2) is 0 Å². The zero-order chi connectivity index (χ0) is 17.5. The molecule has 1 heterocycles. The van der Waals surface area contributed by atoms with Crippen LogP contribution >= 0.6 is 0 Å². The molecule has 1 rings (SSSR count). The lowest BCUT2D eigenvalue weighted by Gasteiger charge is -2.13. The van der Waals surface area contributed by atoms with Gasteiger partial charge in [-0.2, -0.15) is 0 Å². The lowest BCUT2D eigenvalue weighted by molar-refractivity contribution is -0.158. The average Bonchev–Trinajstić information content (AvgIpc) is 2.55. The van der Waals surface area contributed by atoms with E-state index in [2.05, 4.69) is 0 Å². The van der Waals surface area contributed by atoms with Crippen LogP contribution in [0.15, 0.2) is 0 Å².